The average Bonchev–Trinajstić information content (AvgIpc) is 2.35. The molecule has 12 heavy (non-hydrogen) atoms. The van der Waals surface area contributed by atoms with Gasteiger partial charge in [-0.25, -0.2) is 0 Å². The van der Waals surface area contributed by atoms with Crippen molar-refractivity contribution in [3.8, 4) is 5.75 Å². The van der Waals surface area contributed by atoms with Crippen molar-refractivity contribution < 1.29 is 4.74 Å². The maximum atomic E-state index is 5.55. The van der Waals surface area contributed by atoms with E-state index in [0.29, 0.717) is 5.92 Å². The lowest BCUT2D eigenvalue weighted by molar-refractivity contribution is 0.337. The summed E-state index contributed by atoms with van der Waals surface area (Å²) in [4.78, 5) is 0. The number of hydrogen-bond acceptors (Lipinski definition) is 1. The first-order valence-electron chi connectivity index (χ1n) is 4.42. The van der Waals surface area contributed by atoms with E-state index < -0.39 is 0 Å². The molecule has 0 spiro atoms. The lowest BCUT2D eigenvalue weighted by Gasteiger charge is -2.04. The van der Waals surface area contributed by atoms with E-state index >= 15 is 0 Å². The Morgan fingerprint density at radius 3 is 2.67 bits per heavy atom. The Balaban J connectivity index is 2.56. The smallest absolute Gasteiger partial charge is 0.123 e. The highest BCUT2D eigenvalue weighted by Gasteiger charge is 2.20. The molecule has 0 aliphatic carbocycles. The van der Waals surface area contributed by atoms with E-state index in [9.17, 15) is 0 Å². The van der Waals surface area contributed by atoms with E-state index in [1.54, 1.807) is 0 Å². The summed E-state index contributed by atoms with van der Waals surface area (Å²) in [7, 11) is 0. The lowest BCUT2D eigenvalue weighted by Crippen LogP contribution is -1.93. The monoisotopic (exact) mass is 162 g/mol. The van der Waals surface area contributed by atoms with Crippen LogP contribution in [0.2, 0.25) is 0 Å². The van der Waals surface area contributed by atoms with Crippen molar-refractivity contribution >= 4 is 0 Å². The second-order valence-corrected chi connectivity index (χ2v) is 3.69. The number of benzene rings is 1. The zero-order valence-electron chi connectivity index (χ0n) is 7.85. The van der Waals surface area contributed by atoms with Gasteiger partial charge in [0.15, 0.2) is 0 Å². The summed E-state index contributed by atoms with van der Waals surface area (Å²) in [5.41, 5.74) is 4.06. The predicted molar refractivity (Wildman–Crippen MR) is 49.8 cm³/mol. The normalized spacial score (nSPS) is 20.4. The lowest BCUT2D eigenvalue weighted by atomic mass is 9.99. The van der Waals surface area contributed by atoms with E-state index in [-0.39, 0.29) is 0 Å². The molecule has 1 aromatic rings. The maximum absolute atomic E-state index is 5.55. The minimum atomic E-state index is 0.569. The Morgan fingerprint density at radius 1 is 1.25 bits per heavy atom. The topological polar surface area (TPSA) is 9.23 Å². The fraction of sp³-hybridized carbons (Fsp3) is 0.455. The van der Waals surface area contributed by atoms with Gasteiger partial charge in [0.2, 0.25) is 0 Å². The van der Waals surface area contributed by atoms with Crippen LogP contribution in [0, 0.1) is 13.8 Å². The SMILES string of the molecule is Cc1cc2c(cc1C)C(C)CO2. The van der Waals surface area contributed by atoms with Crippen LogP contribution in [0.15, 0.2) is 12.1 Å². The van der Waals surface area contributed by atoms with Gasteiger partial charge in [0, 0.05) is 11.5 Å². The minimum Gasteiger partial charge on any atom is -0.493 e. The van der Waals surface area contributed by atoms with Gasteiger partial charge in [0.25, 0.3) is 0 Å². The van der Waals surface area contributed by atoms with Gasteiger partial charge < -0.3 is 4.74 Å². The molecule has 1 atom stereocenters. The molecule has 1 heteroatoms. The zero-order valence-corrected chi connectivity index (χ0v) is 7.85. The molecule has 1 aliphatic rings. The molecule has 0 N–H and O–H groups in total. The third-order valence-corrected chi connectivity index (χ3v) is 2.65. The summed E-state index contributed by atoms with van der Waals surface area (Å²) in [5, 5.41) is 0. The summed E-state index contributed by atoms with van der Waals surface area (Å²) < 4.78 is 5.55. The summed E-state index contributed by atoms with van der Waals surface area (Å²) in [5.74, 6) is 1.66. The molecular formula is C11H14O. The van der Waals surface area contributed by atoms with Gasteiger partial charge in [-0.2, -0.15) is 0 Å². The quantitative estimate of drug-likeness (QED) is 0.570. The molecule has 0 saturated heterocycles. The van der Waals surface area contributed by atoms with Crippen LogP contribution in [0.25, 0.3) is 0 Å². The zero-order chi connectivity index (χ0) is 8.72. The molecule has 0 fully saturated rings. The van der Waals surface area contributed by atoms with Gasteiger partial charge in [-0.05, 0) is 31.0 Å². The summed E-state index contributed by atoms with van der Waals surface area (Å²) in [6, 6.07) is 4.40. The van der Waals surface area contributed by atoms with Crippen molar-refractivity contribution in [2.45, 2.75) is 26.7 Å². The first-order chi connectivity index (χ1) is 5.68. The van der Waals surface area contributed by atoms with E-state index in [0.717, 1.165) is 12.4 Å². The highest BCUT2D eigenvalue weighted by molar-refractivity contribution is 5.45. The second kappa shape index (κ2) is 2.51. The standard InChI is InChI=1S/C11H14O/c1-7-4-10-9(3)6-12-11(10)5-8(7)2/h4-5,9H,6H2,1-3H3. The van der Waals surface area contributed by atoms with Crippen LogP contribution in [0.3, 0.4) is 0 Å². The van der Waals surface area contributed by atoms with Crippen LogP contribution in [0.1, 0.15) is 29.5 Å². The highest BCUT2D eigenvalue weighted by Crippen LogP contribution is 2.35. The second-order valence-electron chi connectivity index (χ2n) is 3.69. The van der Waals surface area contributed by atoms with Gasteiger partial charge in [0.05, 0.1) is 6.61 Å². The first-order valence-corrected chi connectivity index (χ1v) is 4.42. The van der Waals surface area contributed by atoms with Crippen molar-refractivity contribution in [2.24, 2.45) is 0 Å². The van der Waals surface area contributed by atoms with Gasteiger partial charge in [-0.3, -0.25) is 0 Å². The van der Waals surface area contributed by atoms with E-state index in [2.05, 4.69) is 32.9 Å². The van der Waals surface area contributed by atoms with Crippen molar-refractivity contribution in [3.05, 3.63) is 28.8 Å². The number of rotatable bonds is 0. The molecule has 0 amide bonds. The summed E-state index contributed by atoms with van der Waals surface area (Å²) >= 11 is 0. The number of aryl methyl sites for hydroxylation is 2. The van der Waals surface area contributed by atoms with Crippen LogP contribution >= 0.6 is 0 Å². The minimum absolute atomic E-state index is 0.569. The number of ether oxygens (including phenoxy) is 1. The summed E-state index contributed by atoms with van der Waals surface area (Å²) in [6.45, 7) is 7.33. The molecule has 0 aromatic heterocycles. The molecule has 2 rings (SSSR count). The van der Waals surface area contributed by atoms with Gasteiger partial charge in [-0.15, -0.1) is 0 Å². The first kappa shape index (κ1) is 7.66. The fourth-order valence-electron chi connectivity index (χ4n) is 1.63. The number of fused-ring (bicyclic) bond motifs is 1. The van der Waals surface area contributed by atoms with Crippen molar-refractivity contribution in [1.82, 2.24) is 0 Å². The Kier molecular flexibility index (Phi) is 1.60. The molecule has 1 aromatic carbocycles. The average molecular weight is 162 g/mol. The highest BCUT2D eigenvalue weighted by atomic mass is 16.5. The van der Waals surface area contributed by atoms with Gasteiger partial charge in [-0.1, -0.05) is 13.0 Å². The van der Waals surface area contributed by atoms with Crippen molar-refractivity contribution in [3.63, 3.8) is 0 Å². The third kappa shape index (κ3) is 1.01. The molecule has 0 saturated carbocycles. The molecule has 1 nitrogen and oxygen atoms in total. The molecule has 1 aliphatic heterocycles. The van der Waals surface area contributed by atoms with Crippen LogP contribution < -0.4 is 4.74 Å². The van der Waals surface area contributed by atoms with Gasteiger partial charge >= 0.3 is 0 Å². The van der Waals surface area contributed by atoms with Crippen molar-refractivity contribution in [2.75, 3.05) is 6.61 Å². The molecule has 0 radical (unpaired) electrons. The van der Waals surface area contributed by atoms with E-state index in [4.69, 9.17) is 4.74 Å². The Bertz CT molecular complexity index is 315. The largest absolute Gasteiger partial charge is 0.493 e. The Labute approximate surface area is 73.4 Å². The van der Waals surface area contributed by atoms with Crippen LogP contribution in [-0.2, 0) is 0 Å². The van der Waals surface area contributed by atoms with Crippen molar-refractivity contribution in [1.29, 1.82) is 0 Å². The van der Waals surface area contributed by atoms with E-state index in [1.807, 2.05) is 0 Å². The van der Waals surface area contributed by atoms with Crippen LogP contribution in [0.4, 0.5) is 0 Å². The summed E-state index contributed by atoms with van der Waals surface area (Å²) in [6.07, 6.45) is 0. The Hall–Kier alpha value is -0.980. The third-order valence-electron chi connectivity index (χ3n) is 2.65. The Morgan fingerprint density at radius 2 is 1.92 bits per heavy atom. The van der Waals surface area contributed by atoms with Crippen LogP contribution in [0.5, 0.6) is 5.75 Å². The predicted octanol–water partition coefficient (Wildman–Crippen LogP) is 2.80. The molecule has 1 heterocycles. The molecule has 1 unspecified atom stereocenters. The van der Waals surface area contributed by atoms with Gasteiger partial charge in [0.1, 0.15) is 5.75 Å². The molecular weight excluding hydrogens is 148 g/mol. The maximum Gasteiger partial charge on any atom is 0.123 e. The fourth-order valence-corrected chi connectivity index (χ4v) is 1.63. The number of hydrogen-bond donors (Lipinski definition) is 0. The van der Waals surface area contributed by atoms with Crippen LogP contribution in [-0.4, -0.2) is 6.61 Å². The molecule has 64 valence electrons. The van der Waals surface area contributed by atoms with E-state index in [1.165, 1.54) is 16.7 Å². The molecule has 0 bridgehead atoms.